The van der Waals surface area contributed by atoms with Gasteiger partial charge < -0.3 is 4.57 Å². The molecular formula is C18H13Cl3N2. The maximum absolute atomic E-state index is 6.40. The molecule has 0 bridgehead atoms. The molecular weight excluding hydrogens is 351 g/mol. The fraction of sp³-hybridized carbons (Fsp3) is 0.0556. The maximum atomic E-state index is 6.40. The summed E-state index contributed by atoms with van der Waals surface area (Å²) in [5.74, 6) is 0. The van der Waals surface area contributed by atoms with Crippen molar-refractivity contribution in [3.05, 3.63) is 93.5 Å². The van der Waals surface area contributed by atoms with Crippen molar-refractivity contribution in [2.45, 2.75) is 6.54 Å². The Bertz CT molecular complexity index is 822. The molecule has 0 saturated carbocycles. The minimum atomic E-state index is 0.615. The molecule has 0 aliphatic carbocycles. The first-order chi connectivity index (χ1) is 11.1. The number of halogens is 3. The van der Waals surface area contributed by atoms with E-state index < -0.39 is 0 Å². The van der Waals surface area contributed by atoms with Crippen LogP contribution < -0.4 is 0 Å². The van der Waals surface area contributed by atoms with E-state index in [0.717, 1.165) is 16.7 Å². The molecule has 0 radical (unpaired) electrons. The summed E-state index contributed by atoms with van der Waals surface area (Å²) in [6.45, 7) is 0.691. The van der Waals surface area contributed by atoms with Gasteiger partial charge in [0.25, 0.3) is 0 Å². The first-order valence-electron chi connectivity index (χ1n) is 7.01. The molecule has 2 aromatic carbocycles. The monoisotopic (exact) mass is 362 g/mol. The van der Waals surface area contributed by atoms with E-state index in [1.54, 1.807) is 18.6 Å². The predicted octanol–water partition coefficient (Wildman–Crippen LogP) is 5.98. The van der Waals surface area contributed by atoms with E-state index in [0.29, 0.717) is 21.6 Å². The molecule has 1 aromatic heterocycles. The molecule has 5 heteroatoms. The van der Waals surface area contributed by atoms with Crippen LogP contribution in [0, 0.1) is 0 Å². The Labute approximate surface area is 149 Å². The number of rotatable bonds is 4. The highest BCUT2D eigenvalue weighted by Gasteiger charge is 2.10. The van der Waals surface area contributed by atoms with E-state index >= 15 is 0 Å². The third-order valence-corrected chi connectivity index (χ3v) is 4.24. The fourth-order valence-electron chi connectivity index (χ4n) is 2.31. The summed E-state index contributed by atoms with van der Waals surface area (Å²) in [5.41, 5.74) is 2.99. The van der Waals surface area contributed by atoms with Gasteiger partial charge in [0.2, 0.25) is 0 Å². The minimum Gasteiger partial charge on any atom is -0.334 e. The molecule has 116 valence electrons. The lowest BCUT2D eigenvalue weighted by molar-refractivity contribution is 0.821. The molecule has 0 amide bonds. The molecule has 3 rings (SSSR count). The highest BCUT2D eigenvalue weighted by molar-refractivity contribution is 6.36. The van der Waals surface area contributed by atoms with Gasteiger partial charge in [-0.3, -0.25) is 0 Å². The third kappa shape index (κ3) is 3.97. The van der Waals surface area contributed by atoms with Crippen molar-refractivity contribution in [3.63, 3.8) is 0 Å². The molecule has 3 aromatic rings. The Morgan fingerprint density at radius 3 is 2.39 bits per heavy atom. The van der Waals surface area contributed by atoms with Crippen LogP contribution in [0.3, 0.4) is 0 Å². The van der Waals surface area contributed by atoms with Crippen LogP contribution in [0.5, 0.6) is 0 Å². The molecule has 0 unspecified atom stereocenters. The summed E-state index contributed by atoms with van der Waals surface area (Å²) in [6.07, 6.45) is 7.56. The number of allylic oxidation sites excluding steroid dienone is 1. The Hall–Kier alpha value is -1.74. The molecule has 0 spiro atoms. The quantitative estimate of drug-likeness (QED) is 0.558. The second kappa shape index (κ2) is 7.22. The number of nitrogens with zero attached hydrogens (tertiary/aromatic N) is 2. The molecule has 0 N–H and O–H groups in total. The van der Waals surface area contributed by atoms with Crippen LogP contribution in [0.2, 0.25) is 15.1 Å². The van der Waals surface area contributed by atoms with Gasteiger partial charge in [-0.2, -0.15) is 0 Å². The second-order valence-electron chi connectivity index (χ2n) is 5.01. The summed E-state index contributed by atoms with van der Waals surface area (Å²) in [4.78, 5) is 4.06. The van der Waals surface area contributed by atoms with Gasteiger partial charge in [0.15, 0.2) is 0 Å². The van der Waals surface area contributed by atoms with Gasteiger partial charge in [-0.05, 0) is 35.4 Å². The topological polar surface area (TPSA) is 17.8 Å². The summed E-state index contributed by atoms with van der Waals surface area (Å²) in [5, 5.41) is 1.93. The van der Waals surface area contributed by atoms with Gasteiger partial charge >= 0.3 is 0 Å². The van der Waals surface area contributed by atoms with Crippen LogP contribution in [-0.4, -0.2) is 9.55 Å². The average molecular weight is 364 g/mol. The lowest BCUT2D eigenvalue weighted by atomic mass is 9.97. The largest absolute Gasteiger partial charge is 0.334 e. The zero-order chi connectivity index (χ0) is 16.2. The van der Waals surface area contributed by atoms with Crippen molar-refractivity contribution in [1.29, 1.82) is 0 Å². The molecule has 0 atom stereocenters. The Kier molecular flexibility index (Phi) is 5.06. The van der Waals surface area contributed by atoms with Crippen LogP contribution in [-0.2, 0) is 6.54 Å². The third-order valence-electron chi connectivity index (χ3n) is 3.44. The van der Waals surface area contributed by atoms with Crippen LogP contribution in [0.25, 0.3) is 5.57 Å². The number of aromatic nitrogens is 2. The van der Waals surface area contributed by atoms with Gasteiger partial charge in [-0.25, -0.2) is 4.98 Å². The fourth-order valence-corrected chi connectivity index (χ4v) is 2.95. The van der Waals surface area contributed by atoms with Crippen molar-refractivity contribution in [3.8, 4) is 0 Å². The van der Waals surface area contributed by atoms with Gasteiger partial charge in [0.05, 0.1) is 6.33 Å². The SMILES string of the molecule is Clc1ccc(/C(=C/Cn2ccnc2)c2ccc(Cl)cc2Cl)cc1. The second-order valence-corrected chi connectivity index (χ2v) is 6.29. The van der Waals surface area contributed by atoms with E-state index in [9.17, 15) is 0 Å². The van der Waals surface area contributed by atoms with Crippen LogP contribution in [0.15, 0.2) is 67.3 Å². The highest BCUT2D eigenvalue weighted by Crippen LogP contribution is 2.32. The molecule has 0 aliphatic rings. The Balaban J connectivity index is 2.05. The number of benzene rings is 2. The Morgan fingerprint density at radius 2 is 1.74 bits per heavy atom. The highest BCUT2D eigenvalue weighted by atomic mass is 35.5. The molecule has 0 saturated heterocycles. The first-order valence-corrected chi connectivity index (χ1v) is 8.14. The minimum absolute atomic E-state index is 0.615. The van der Waals surface area contributed by atoms with E-state index in [-0.39, 0.29) is 0 Å². The van der Waals surface area contributed by atoms with Crippen LogP contribution >= 0.6 is 34.8 Å². The van der Waals surface area contributed by atoms with Crippen LogP contribution in [0.4, 0.5) is 0 Å². The smallest absolute Gasteiger partial charge is 0.0948 e. The van der Waals surface area contributed by atoms with Crippen molar-refractivity contribution in [1.82, 2.24) is 9.55 Å². The summed E-state index contributed by atoms with van der Waals surface area (Å²) in [7, 11) is 0. The van der Waals surface area contributed by atoms with Crippen molar-refractivity contribution in [2.75, 3.05) is 0 Å². The average Bonchev–Trinajstić information content (AvgIpc) is 3.04. The van der Waals surface area contributed by atoms with Crippen LogP contribution in [0.1, 0.15) is 11.1 Å². The predicted molar refractivity (Wildman–Crippen MR) is 97.2 cm³/mol. The van der Waals surface area contributed by atoms with Crippen molar-refractivity contribution in [2.24, 2.45) is 0 Å². The van der Waals surface area contributed by atoms with Crippen molar-refractivity contribution < 1.29 is 0 Å². The van der Waals surface area contributed by atoms with E-state index in [1.165, 1.54) is 0 Å². The molecule has 2 nitrogen and oxygen atoms in total. The van der Waals surface area contributed by atoms with Gasteiger partial charge in [-0.15, -0.1) is 0 Å². The number of imidazole rings is 1. The lowest BCUT2D eigenvalue weighted by Gasteiger charge is -2.12. The normalized spacial score (nSPS) is 11.7. The van der Waals surface area contributed by atoms with E-state index in [4.69, 9.17) is 34.8 Å². The summed E-state index contributed by atoms with van der Waals surface area (Å²) >= 11 is 18.4. The molecule has 1 heterocycles. The number of hydrogen-bond acceptors (Lipinski definition) is 1. The first kappa shape index (κ1) is 16.1. The zero-order valence-electron chi connectivity index (χ0n) is 12.1. The lowest BCUT2D eigenvalue weighted by Crippen LogP contribution is -1.95. The Morgan fingerprint density at radius 1 is 1.00 bits per heavy atom. The van der Waals surface area contributed by atoms with Crippen molar-refractivity contribution >= 4 is 40.4 Å². The zero-order valence-corrected chi connectivity index (χ0v) is 14.4. The summed E-state index contributed by atoms with van der Waals surface area (Å²) < 4.78 is 1.99. The maximum Gasteiger partial charge on any atom is 0.0948 e. The van der Waals surface area contributed by atoms with Gasteiger partial charge in [0.1, 0.15) is 0 Å². The summed E-state index contributed by atoms with van der Waals surface area (Å²) in [6, 6.07) is 13.2. The standard InChI is InChI=1S/C18H13Cl3N2/c19-14-3-1-13(2-4-14)16(7-9-23-10-8-22-12-23)17-6-5-15(20)11-18(17)21/h1-8,10-12H,9H2/b16-7-. The molecule has 0 aliphatic heterocycles. The number of hydrogen-bond donors (Lipinski definition) is 0. The molecule has 0 fully saturated rings. The van der Waals surface area contributed by atoms with E-state index in [2.05, 4.69) is 11.1 Å². The molecule has 23 heavy (non-hydrogen) atoms. The van der Waals surface area contributed by atoms with Gasteiger partial charge in [-0.1, -0.05) is 59.1 Å². The van der Waals surface area contributed by atoms with Gasteiger partial charge in [0, 0.05) is 39.6 Å². The van der Waals surface area contributed by atoms with E-state index in [1.807, 2.05) is 47.2 Å².